The first-order valence-corrected chi connectivity index (χ1v) is 4.14. The molecule has 0 saturated carbocycles. The Morgan fingerprint density at radius 3 is 2.38 bits per heavy atom. The fourth-order valence-electron chi connectivity index (χ4n) is 1.08. The van der Waals surface area contributed by atoms with Gasteiger partial charge >= 0.3 is 0 Å². The lowest BCUT2D eigenvalue weighted by Crippen LogP contribution is -2.18. The van der Waals surface area contributed by atoms with Gasteiger partial charge in [0.2, 0.25) is 5.91 Å². The Kier molecular flexibility index (Phi) is 3.03. The summed E-state index contributed by atoms with van der Waals surface area (Å²) in [5.41, 5.74) is 6.86. The van der Waals surface area contributed by atoms with Gasteiger partial charge in [-0.2, -0.15) is 0 Å². The van der Waals surface area contributed by atoms with E-state index in [0.29, 0.717) is 0 Å². The second-order valence-corrected chi connectivity index (χ2v) is 3.02. The van der Waals surface area contributed by atoms with Crippen molar-refractivity contribution in [3.63, 3.8) is 0 Å². The lowest BCUT2D eigenvalue weighted by Gasteiger charge is -2.07. The van der Waals surface area contributed by atoms with Crippen LogP contribution in [0.2, 0.25) is 0 Å². The van der Waals surface area contributed by atoms with Gasteiger partial charge in [-0.3, -0.25) is 4.79 Å². The molecule has 0 spiro atoms. The molecule has 1 aromatic carbocycles. The summed E-state index contributed by atoms with van der Waals surface area (Å²) in [4.78, 5) is 10.8. The van der Waals surface area contributed by atoms with Crippen molar-refractivity contribution in [1.29, 1.82) is 0 Å². The van der Waals surface area contributed by atoms with Gasteiger partial charge in [-0.15, -0.1) is 0 Å². The maximum Gasteiger partial charge on any atom is 0.224 e. The van der Waals surface area contributed by atoms with Crippen molar-refractivity contribution in [2.24, 2.45) is 5.73 Å². The SMILES string of the molecule is CC(C(N)=O)c1ccc(CO)cc1. The van der Waals surface area contributed by atoms with Gasteiger partial charge in [0.1, 0.15) is 0 Å². The number of carbonyl (C=O) groups excluding carboxylic acids is 1. The summed E-state index contributed by atoms with van der Waals surface area (Å²) in [5.74, 6) is -0.607. The summed E-state index contributed by atoms with van der Waals surface area (Å²) >= 11 is 0. The summed E-state index contributed by atoms with van der Waals surface area (Å²) in [5, 5.41) is 8.78. The van der Waals surface area contributed by atoms with E-state index in [1.165, 1.54) is 0 Å². The second-order valence-electron chi connectivity index (χ2n) is 3.02. The van der Waals surface area contributed by atoms with Crippen LogP contribution < -0.4 is 5.73 Å². The van der Waals surface area contributed by atoms with Crippen LogP contribution in [0.3, 0.4) is 0 Å². The normalized spacial score (nSPS) is 12.5. The molecular formula is C10H13NO2. The molecule has 0 radical (unpaired) electrons. The average Bonchev–Trinajstić information content (AvgIpc) is 2.17. The molecule has 0 heterocycles. The molecule has 70 valence electrons. The highest BCUT2D eigenvalue weighted by atomic mass is 16.3. The fraction of sp³-hybridized carbons (Fsp3) is 0.300. The molecule has 3 N–H and O–H groups in total. The van der Waals surface area contributed by atoms with Gasteiger partial charge in [0.05, 0.1) is 12.5 Å². The number of primary amides is 1. The number of hydrogen-bond acceptors (Lipinski definition) is 2. The number of carbonyl (C=O) groups is 1. The minimum absolute atomic E-state index is 0.0191. The zero-order valence-corrected chi connectivity index (χ0v) is 7.53. The van der Waals surface area contributed by atoms with Gasteiger partial charge in [-0.05, 0) is 18.1 Å². The molecule has 0 aromatic heterocycles. The van der Waals surface area contributed by atoms with Crippen LogP contribution >= 0.6 is 0 Å². The minimum Gasteiger partial charge on any atom is -0.392 e. The highest BCUT2D eigenvalue weighted by molar-refractivity contribution is 5.81. The summed E-state index contributed by atoms with van der Waals surface area (Å²) in [6, 6.07) is 7.19. The number of benzene rings is 1. The molecule has 0 saturated heterocycles. The van der Waals surface area contributed by atoms with E-state index in [0.717, 1.165) is 11.1 Å². The average molecular weight is 179 g/mol. The maximum atomic E-state index is 10.8. The summed E-state index contributed by atoms with van der Waals surface area (Å²) in [6.07, 6.45) is 0. The Balaban J connectivity index is 2.85. The third-order valence-corrected chi connectivity index (χ3v) is 2.09. The molecule has 0 fully saturated rings. The second kappa shape index (κ2) is 4.05. The number of rotatable bonds is 3. The first-order chi connectivity index (χ1) is 6.15. The van der Waals surface area contributed by atoms with Crippen LogP contribution in [0, 0.1) is 0 Å². The monoisotopic (exact) mass is 179 g/mol. The van der Waals surface area contributed by atoms with E-state index in [2.05, 4.69) is 0 Å². The summed E-state index contributed by atoms with van der Waals surface area (Å²) < 4.78 is 0. The topological polar surface area (TPSA) is 63.3 Å². The van der Waals surface area contributed by atoms with Crippen LogP contribution in [0.25, 0.3) is 0 Å². The van der Waals surface area contributed by atoms with Crippen molar-refractivity contribution >= 4 is 5.91 Å². The minimum atomic E-state index is -0.336. The number of nitrogens with two attached hydrogens (primary N) is 1. The van der Waals surface area contributed by atoms with E-state index in [1.54, 1.807) is 31.2 Å². The molecule has 1 amide bonds. The van der Waals surface area contributed by atoms with Crippen LogP contribution in [0.5, 0.6) is 0 Å². The van der Waals surface area contributed by atoms with Gasteiger partial charge in [0, 0.05) is 0 Å². The molecule has 0 aliphatic heterocycles. The lowest BCUT2D eigenvalue weighted by atomic mass is 10.00. The predicted molar refractivity (Wildman–Crippen MR) is 50.0 cm³/mol. The molecular weight excluding hydrogens is 166 g/mol. The molecule has 1 aromatic rings. The number of aliphatic hydroxyl groups excluding tert-OH is 1. The molecule has 13 heavy (non-hydrogen) atoms. The Bertz CT molecular complexity index is 292. The molecule has 1 unspecified atom stereocenters. The Hall–Kier alpha value is -1.35. The van der Waals surface area contributed by atoms with E-state index in [-0.39, 0.29) is 18.4 Å². The maximum absolute atomic E-state index is 10.8. The van der Waals surface area contributed by atoms with Crippen LogP contribution in [-0.4, -0.2) is 11.0 Å². The molecule has 0 aliphatic carbocycles. The summed E-state index contributed by atoms with van der Waals surface area (Å²) in [7, 11) is 0. The van der Waals surface area contributed by atoms with Crippen molar-refractivity contribution < 1.29 is 9.90 Å². The van der Waals surface area contributed by atoms with E-state index in [1.807, 2.05) is 0 Å². The van der Waals surface area contributed by atoms with Crippen LogP contribution in [0.1, 0.15) is 24.0 Å². The third-order valence-electron chi connectivity index (χ3n) is 2.09. The smallest absolute Gasteiger partial charge is 0.224 e. The van der Waals surface area contributed by atoms with Gasteiger partial charge in [-0.1, -0.05) is 24.3 Å². The van der Waals surface area contributed by atoms with E-state index in [4.69, 9.17) is 10.8 Å². The highest BCUT2D eigenvalue weighted by Gasteiger charge is 2.10. The molecule has 3 heteroatoms. The molecule has 0 aliphatic rings. The van der Waals surface area contributed by atoms with Crippen molar-refractivity contribution in [3.05, 3.63) is 35.4 Å². The number of aliphatic hydroxyl groups is 1. The van der Waals surface area contributed by atoms with Crippen molar-refractivity contribution in [1.82, 2.24) is 0 Å². The quantitative estimate of drug-likeness (QED) is 0.719. The van der Waals surface area contributed by atoms with E-state index in [9.17, 15) is 4.79 Å². The highest BCUT2D eigenvalue weighted by Crippen LogP contribution is 2.15. The zero-order chi connectivity index (χ0) is 9.84. The van der Waals surface area contributed by atoms with E-state index >= 15 is 0 Å². The lowest BCUT2D eigenvalue weighted by molar-refractivity contribution is -0.119. The van der Waals surface area contributed by atoms with Gasteiger partial charge in [0.25, 0.3) is 0 Å². The van der Waals surface area contributed by atoms with Crippen molar-refractivity contribution in [3.8, 4) is 0 Å². The Morgan fingerprint density at radius 2 is 2.00 bits per heavy atom. The largest absolute Gasteiger partial charge is 0.392 e. The van der Waals surface area contributed by atoms with Crippen molar-refractivity contribution in [2.45, 2.75) is 19.4 Å². The molecule has 1 rings (SSSR count). The van der Waals surface area contributed by atoms with Gasteiger partial charge in [0.15, 0.2) is 0 Å². The fourth-order valence-corrected chi connectivity index (χ4v) is 1.08. The Morgan fingerprint density at radius 1 is 1.46 bits per heavy atom. The zero-order valence-electron chi connectivity index (χ0n) is 7.53. The molecule has 1 atom stereocenters. The summed E-state index contributed by atoms with van der Waals surface area (Å²) in [6.45, 7) is 1.78. The van der Waals surface area contributed by atoms with Gasteiger partial charge < -0.3 is 10.8 Å². The van der Waals surface area contributed by atoms with Gasteiger partial charge in [-0.25, -0.2) is 0 Å². The number of hydrogen-bond donors (Lipinski definition) is 2. The van der Waals surface area contributed by atoms with Crippen LogP contribution in [0.4, 0.5) is 0 Å². The Labute approximate surface area is 77.2 Å². The van der Waals surface area contributed by atoms with E-state index < -0.39 is 0 Å². The third kappa shape index (κ3) is 2.29. The van der Waals surface area contributed by atoms with Crippen LogP contribution in [0.15, 0.2) is 24.3 Å². The molecule has 0 bridgehead atoms. The molecule has 3 nitrogen and oxygen atoms in total. The first kappa shape index (κ1) is 9.74. The number of amides is 1. The first-order valence-electron chi connectivity index (χ1n) is 4.14. The van der Waals surface area contributed by atoms with Crippen molar-refractivity contribution in [2.75, 3.05) is 0 Å². The van der Waals surface area contributed by atoms with Crippen LogP contribution in [-0.2, 0) is 11.4 Å². The predicted octanol–water partition coefficient (Wildman–Crippen LogP) is 0.768. The standard InChI is InChI=1S/C10H13NO2/c1-7(10(11)13)9-4-2-8(6-12)3-5-9/h2-5,7,12H,6H2,1H3,(H2,11,13).